The Kier molecular flexibility index (Phi) is 6.02. The second-order valence-electron chi connectivity index (χ2n) is 6.99. The van der Waals surface area contributed by atoms with Crippen molar-refractivity contribution in [2.75, 3.05) is 19.6 Å². The van der Waals surface area contributed by atoms with Crippen LogP contribution in [0, 0.1) is 5.82 Å². The van der Waals surface area contributed by atoms with Crippen molar-refractivity contribution in [2.24, 2.45) is 0 Å². The summed E-state index contributed by atoms with van der Waals surface area (Å²) in [6, 6.07) is 6.61. The van der Waals surface area contributed by atoms with Gasteiger partial charge in [-0.15, -0.1) is 0 Å². The average Bonchev–Trinajstić information content (AvgIpc) is 3.42. The van der Waals surface area contributed by atoms with E-state index >= 15 is 0 Å². The summed E-state index contributed by atoms with van der Waals surface area (Å²) in [5.41, 5.74) is 0.939. The van der Waals surface area contributed by atoms with Crippen molar-refractivity contribution in [3.8, 4) is 0 Å². The van der Waals surface area contributed by atoms with Gasteiger partial charge in [-0.05, 0) is 56.2 Å². The summed E-state index contributed by atoms with van der Waals surface area (Å²) in [7, 11) is 0. The maximum Gasteiger partial charge on any atom is 0.242 e. The number of amides is 2. The van der Waals surface area contributed by atoms with Crippen LogP contribution in [0.25, 0.3) is 0 Å². The fraction of sp³-hybridized carbons (Fsp3) is 0.579. The Hall–Kier alpha value is -1.95. The standard InChI is InChI=1S/C19H26FN3O2/c20-15-5-3-4-14(12-15)9-11-23(16-7-8-16)13-18(24)22-17-6-1-2-10-21-19(17)25/h3-5,12,16-17H,1-2,6-11,13H2,(H,21,25)(H,22,24). The molecular weight excluding hydrogens is 321 g/mol. The number of benzene rings is 1. The summed E-state index contributed by atoms with van der Waals surface area (Å²) >= 11 is 0. The van der Waals surface area contributed by atoms with Crippen molar-refractivity contribution < 1.29 is 14.0 Å². The maximum absolute atomic E-state index is 13.3. The Morgan fingerprint density at radius 1 is 1.28 bits per heavy atom. The van der Waals surface area contributed by atoms with E-state index in [1.54, 1.807) is 12.1 Å². The van der Waals surface area contributed by atoms with Crippen molar-refractivity contribution in [1.29, 1.82) is 0 Å². The first kappa shape index (κ1) is 17.9. The Morgan fingerprint density at radius 2 is 2.12 bits per heavy atom. The first-order valence-corrected chi connectivity index (χ1v) is 9.17. The number of carbonyl (C=O) groups excluding carboxylic acids is 2. The van der Waals surface area contributed by atoms with Gasteiger partial charge in [-0.25, -0.2) is 4.39 Å². The van der Waals surface area contributed by atoms with Gasteiger partial charge in [-0.3, -0.25) is 14.5 Å². The monoisotopic (exact) mass is 347 g/mol. The predicted molar refractivity (Wildman–Crippen MR) is 93.5 cm³/mol. The first-order chi connectivity index (χ1) is 12.1. The molecule has 6 heteroatoms. The molecule has 2 N–H and O–H groups in total. The molecule has 5 nitrogen and oxygen atoms in total. The third-order valence-corrected chi connectivity index (χ3v) is 4.86. The van der Waals surface area contributed by atoms with E-state index in [2.05, 4.69) is 15.5 Å². The smallest absolute Gasteiger partial charge is 0.242 e. The van der Waals surface area contributed by atoms with Crippen LogP contribution in [0.1, 0.15) is 37.7 Å². The molecule has 1 aromatic rings. The normalized spacial score (nSPS) is 20.9. The van der Waals surface area contributed by atoms with Gasteiger partial charge in [-0.1, -0.05) is 12.1 Å². The molecule has 2 amide bonds. The lowest BCUT2D eigenvalue weighted by atomic mass is 10.1. The number of carbonyl (C=O) groups is 2. The lowest BCUT2D eigenvalue weighted by molar-refractivity contribution is -0.129. The predicted octanol–water partition coefficient (Wildman–Crippen LogP) is 1.62. The van der Waals surface area contributed by atoms with Crippen LogP contribution in [0.3, 0.4) is 0 Å². The first-order valence-electron chi connectivity index (χ1n) is 9.17. The summed E-state index contributed by atoms with van der Waals surface area (Å²) in [6.45, 7) is 1.70. The van der Waals surface area contributed by atoms with Gasteiger partial charge in [0.2, 0.25) is 11.8 Å². The molecule has 1 aliphatic carbocycles. The zero-order chi connectivity index (χ0) is 17.6. The average molecular weight is 347 g/mol. The summed E-state index contributed by atoms with van der Waals surface area (Å²) < 4.78 is 13.3. The molecule has 0 spiro atoms. The third kappa shape index (κ3) is 5.53. The summed E-state index contributed by atoms with van der Waals surface area (Å²) in [5.74, 6) is -0.413. The highest BCUT2D eigenvalue weighted by molar-refractivity contribution is 5.88. The van der Waals surface area contributed by atoms with Crippen LogP contribution >= 0.6 is 0 Å². The Bertz CT molecular complexity index is 618. The zero-order valence-corrected chi connectivity index (χ0v) is 14.5. The fourth-order valence-electron chi connectivity index (χ4n) is 3.30. The second-order valence-corrected chi connectivity index (χ2v) is 6.99. The second kappa shape index (κ2) is 8.43. The highest BCUT2D eigenvalue weighted by Gasteiger charge is 2.31. The van der Waals surface area contributed by atoms with Gasteiger partial charge in [0.15, 0.2) is 0 Å². The van der Waals surface area contributed by atoms with Crippen LogP contribution in [0.15, 0.2) is 24.3 Å². The molecule has 0 radical (unpaired) electrons. The van der Waals surface area contributed by atoms with Crippen molar-refractivity contribution in [3.05, 3.63) is 35.6 Å². The van der Waals surface area contributed by atoms with E-state index in [1.165, 1.54) is 6.07 Å². The largest absolute Gasteiger partial charge is 0.354 e. The van der Waals surface area contributed by atoms with E-state index in [-0.39, 0.29) is 17.6 Å². The molecule has 136 valence electrons. The van der Waals surface area contributed by atoms with Crippen LogP contribution in [0.2, 0.25) is 0 Å². The van der Waals surface area contributed by atoms with Gasteiger partial charge < -0.3 is 10.6 Å². The molecular formula is C19H26FN3O2. The Labute approximate surface area is 148 Å². The van der Waals surface area contributed by atoms with Gasteiger partial charge in [0.25, 0.3) is 0 Å². The van der Waals surface area contributed by atoms with Crippen LogP contribution < -0.4 is 10.6 Å². The Balaban J connectivity index is 1.51. The topological polar surface area (TPSA) is 61.4 Å². The highest BCUT2D eigenvalue weighted by Crippen LogP contribution is 2.26. The molecule has 1 saturated carbocycles. The molecule has 1 heterocycles. The quantitative estimate of drug-likeness (QED) is 0.788. The van der Waals surface area contributed by atoms with Crippen molar-refractivity contribution in [1.82, 2.24) is 15.5 Å². The van der Waals surface area contributed by atoms with Crippen molar-refractivity contribution in [2.45, 2.75) is 50.6 Å². The maximum atomic E-state index is 13.3. The minimum absolute atomic E-state index is 0.0800. The van der Waals surface area contributed by atoms with Gasteiger partial charge in [0, 0.05) is 19.1 Å². The fourth-order valence-corrected chi connectivity index (χ4v) is 3.30. The molecule has 0 aromatic heterocycles. The van der Waals surface area contributed by atoms with E-state index in [1.807, 2.05) is 6.07 Å². The molecule has 1 aliphatic heterocycles. The molecule has 2 aliphatic rings. The van der Waals surface area contributed by atoms with Crippen LogP contribution in [0.5, 0.6) is 0 Å². The molecule has 1 atom stereocenters. The summed E-state index contributed by atoms with van der Waals surface area (Å²) in [4.78, 5) is 26.5. The molecule has 1 unspecified atom stereocenters. The third-order valence-electron chi connectivity index (χ3n) is 4.86. The molecule has 2 fully saturated rings. The molecule has 1 saturated heterocycles. The minimum Gasteiger partial charge on any atom is -0.354 e. The lowest BCUT2D eigenvalue weighted by Gasteiger charge is -2.23. The van der Waals surface area contributed by atoms with E-state index < -0.39 is 6.04 Å². The number of nitrogens with one attached hydrogen (secondary N) is 2. The summed E-state index contributed by atoms with van der Waals surface area (Å²) in [6.07, 6.45) is 5.51. The van der Waals surface area contributed by atoms with E-state index in [0.717, 1.165) is 37.8 Å². The van der Waals surface area contributed by atoms with E-state index in [9.17, 15) is 14.0 Å². The Morgan fingerprint density at radius 3 is 2.88 bits per heavy atom. The van der Waals surface area contributed by atoms with Crippen LogP contribution in [-0.4, -0.2) is 48.4 Å². The van der Waals surface area contributed by atoms with Crippen LogP contribution in [-0.2, 0) is 16.0 Å². The highest BCUT2D eigenvalue weighted by atomic mass is 19.1. The number of hydrogen-bond acceptors (Lipinski definition) is 3. The zero-order valence-electron chi connectivity index (χ0n) is 14.5. The van der Waals surface area contributed by atoms with Crippen molar-refractivity contribution >= 4 is 11.8 Å². The number of halogens is 1. The molecule has 3 rings (SSSR count). The molecule has 1 aromatic carbocycles. The van der Waals surface area contributed by atoms with Gasteiger partial charge >= 0.3 is 0 Å². The van der Waals surface area contributed by atoms with Gasteiger partial charge in [0.1, 0.15) is 11.9 Å². The molecule has 0 bridgehead atoms. The number of hydrogen-bond donors (Lipinski definition) is 2. The number of rotatable bonds is 7. The molecule has 25 heavy (non-hydrogen) atoms. The SMILES string of the molecule is O=C(CN(CCc1cccc(F)c1)C1CC1)NC1CCCCNC1=O. The van der Waals surface area contributed by atoms with Crippen molar-refractivity contribution in [3.63, 3.8) is 0 Å². The lowest BCUT2D eigenvalue weighted by Crippen LogP contribution is -2.49. The number of nitrogens with zero attached hydrogens (tertiary/aromatic N) is 1. The van der Waals surface area contributed by atoms with Crippen LogP contribution in [0.4, 0.5) is 4.39 Å². The van der Waals surface area contributed by atoms with Gasteiger partial charge in [0.05, 0.1) is 6.54 Å². The van der Waals surface area contributed by atoms with Gasteiger partial charge in [-0.2, -0.15) is 0 Å². The minimum atomic E-state index is -0.417. The van der Waals surface area contributed by atoms with E-state index in [4.69, 9.17) is 0 Å². The summed E-state index contributed by atoms with van der Waals surface area (Å²) in [5, 5.41) is 5.71. The van der Waals surface area contributed by atoms with E-state index in [0.29, 0.717) is 32.0 Å².